The van der Waals surface area contributed by atoms with Crippen LogP contribution < -0.4 is 5.73 Å². The van der Waals surface area contributed by atoms with Crippen LogP contribution in [-0.4, -0.2) is 10.7 Å². The number of rotatable bonds is 3. The molecule has 0 aliphatic heterocycles. The van der Waals surface area contributed by atoms with Crippen molar-refractivity contribution in [2.45, 2.75) is 38.3 Å². The van der Waals surface area contributed by atoms with Crippen LogP contribution in [0.25, 0.3) is 0 Å². The fourth-order valence-corrected chi connectivity index (χ4v) is 1.47. The van der Waals surface area contributed by atoms with E-state index in [0.29, 0.717) is 0 Å². The molecular weight excluding hydrogens is 267 g/mol. The first-order valence-electron chi connectivity index (χ1n) is 5.23. The molecule has 0 saturated carbocycles. The fraction of sp³-hybridized carbons (Fsp3) is 0.500. The molecule has 1 unspecified atom stereocenters. The van der Waals surface area contributed by atoms with Gasteiger partial charge in [-0.05, 0) is 26.8 Å². The van der Waals surface area contributed by atoms with Crippen LogP contribution in [0.5, 0.6) is 0 Å². The molecule has 2 nitrogen and oxygen atoms in total. The van der Waals surface area contributed by atoms with Crippen molar-refractivity contribution in [3.63, 3.8) is 0 Å². The molecule has 0 heterocycles. The summed E-state index contributed by atoms with van der Waals surface area (Å²) in [6, 6.07) is 2.92. The Morgan fingerprint density at radius 3 is 2.17 bits per heavy atom. The van der Waals surface area contributed by atoms with Crippen LogP contribution in [0.4, 0.5) is 13.2 Å². The Bertz CT molecular complexity index is 416. The van der Waals surface area contributed by atoms with E-state index in [-0.39, 0.29) is 18.0 Å². The Hall–Kier alpha value is -0.780. The number of nitrogens with two attached hydrogens (primary N) is 1. The Labute approximate surface area is 110 Å². The predicted molar refractivity (Wildman–Crippen MR) is 66.4 cm³/mol. The maximum atomic E-state index is 13.9. The third-order valence-corrected chi connectivity index (χ3v) is 2.63. The highest BCUT2D eigenvalue weighted by atomic mass is 35.5. The predicted octanol–water partition coefficient (Wildman–Crippen LogP) is 3.13. The average Bonchev–Trinajstić information content (AvgIpc) is 2.15. The fourth-order valence-electron chi connectivity index (χ4n) is 1.47. The van der Waals surface area contributed by atoms with Crippen LogP contribution in [-0.2, 0) is 5.92 Å². The van der Waals surface area contributed by atoms with Crippen LogP contribution in [0, 0.1) is 5.82 Å². The number of benzene rings is 1. The Balaban J connectivity index is 0.00000289. The topological polar surface area (TPSA) is 46.2 Å². The summed E-state index contributed by atoms with van der Waals surface area (Å²) in [5.41, 5.74) is 2.32. The van der Waals surface area contributed by atoms with Gasteiger partial charge in [0.05, 0.1) is 5.56 Å². The van der Waals surface area contributed by atoms with Crippen LogP contribution in [0.3, 0.4) is 0 Å². The molecule has 0 radical (unpaired) electrons. The van der Waals surface area contributed by atoms with Gasteiger partial charge in [0.25, 0.3) is 0 Å². The molecule has 0 spiro atoms. The van der Waals surface area contributed by atoms with Gasteiger partial charge in [-0.25, -0.2) is 4.39 Å². The molecule has 0 aliphatic carbocycles. The first-order chi connectivity index (χ1) is 7.59. The minimum atomic E-state index is -3.68. The van der Waals surface area contributed by atoms with Crippen LogP contribution in [0.2, 0.25) is 0 Å². The lowest BCUT2D eigenvalue weighted by molar-refractivity contribution is -0.170. The number of hydrogen-bond donors (Lipinski definition) is 2. The van der Waals surface area contributed by atoms with Gasteiger partial charge in [0, 0.05) is 11.6 Å². The summed E-state index contributed by atoms with van der Waals surface area (Å²) in [5.74, 6) is -4.74. The molecule has 0 aromatic heterocycles. The van der Waals surface area contributed by atoms with E-state index in [4.69, 9.17) is 5.73 Å². The Morgan fingerprint density at radius 1 is 1.28 bits per heavy atom. The van der Waals surface area contributed by atoms with E-state index in [0.717, 1.165) is 19.9 Å². The van der Waals surface area contributed by atoms with Gasteiger partial charge in [0.1, 0.15) is 11.4 Å². The molecule has 0 amide bonds. The zero-order valence-corrected chi connectivity index (χ0v) is 11.2. The molecule has 1 rings (SSSR count). The SMILES string of the molecule is CC(N)c1cccc(C(F)(F)C(C)(C)O)c1F.Cl. The summed E-state index contributed by atoms with van der Waals surface area (Å²) >= 11 is 0. The third kappa shape index (κ3) is 2.96. The Kier molecular flexibility index (Phi) is 5.23. The average molecular weight is 284 g/mol. The highest BCUT2D eigenvalue weighted by Crippen LogP contribution is 2.40. The van der Waals surface area contributed by atoms with E-state index in [1.54, 1.807) is 0 Å². The zero-order chi connectivity index (χ0) is 13.4. The molecule has 0 saturated heterocycles. The summed E-state index contributed by atoms with van der Waals surface area (Å²) < 4.78 is 41.6. The van der Waals surface area contributed by atoms with Crippen molar-refractivity contribution < 1.29 is 18.3 Å². The standard InChI is InChI=1S/C12H16F3NO.ClH/c1-7(16)8-5-4-6-9(10(8)13)12(14,15)11(2,3)17;/h4-7,17H,16H2,1-3H3;1H. The van der Waals surface area contributed by atoms with E-state index in [9.17, 15) is 18.3 Å². The smallest absolute Gasteiger partial charge is 0.303 e. The Morgan fingerprint density at radius 2 is 1.78 bits per heavy atom. The number of halogens is 4. The van der Waals surface area contributed by atoms with Crippen molar-refractivity contribution in [1.29, 1.82) is 0 Å². The number of aliphatic hydroxyl groups is 1. The van der Waals surface area contributed by atoms with Gasteiger partial charge in [0.15, 0.2) is 0 Å². The summed E-state index contributed by atoms with van der Waals surface area (Å²) in [4.78, 5) is 0. The molecule has 104 valence electrons. The van der Waals surface area contributed by atoms with Crippen molar-refractivity contribution in [2.24, 2.45) is 5.73 Å². The van der Waals surface area contributed by atoms with E-state index in [1.807, 2.05) is 0 Å². The zero-order valence-electron chi connectivity index (χ0n) is 10.4. The number of hydrogen-bond acceptors (Lipinski definition) is 2. The molecular formula is C12H17ClF3NO. The lowest BCUT2D eigenvalue weighted by Crippen LogP contribution is -2.41. The largest absolute Gasteiger partial charge is 0.384 e. The van der Waals surface area contributed by atoms with Crippen molar-refractivity contribution in [2.75, 3.05) is 0 Å². The normalized spacial score (nSPS) is 14.0. The second-order valence-electron chi connectivity index (χ2n) is 4.63. The maximum Gasteiger partial charge on any atom is 0.303 e. The van der Waals surface area contributed by atoms with Crippen molar-refractivity contribution in [1.82, 2.24) is 0 Å². The van der Waals surface area contributed by atoms with Gasteiger partial charge in [-0.2, -0.15) is 8.78 Å². The van der Waals surface area contributed by atoms with Gasteiger partial charge >= 0.3 is 5.92 Å². The second-order valence-corrected chi connectivity index (χ2v) is 4.63. The van der Waals surface area contributed by atoms with Crippen LogP contribution in [0.15, 0.2) is 18.2 Å². The third-order valence-electron chi connectivity index (χ3n) is 2.63. The van der Waals surface area contributed by atoms with Gasteiger partial charge in [-0.15, -0.1) is 12.4 Å². The summed E-state index contributed by atoms with van der Waals surface area (Å²) in [6.07, 6.45) is 0. The molecule has 1 atom stereocenters. The molecule has 1 aromatic carbocycles. The number of alkyl halides is 2. The molecule has 6 heteroatoms. The first kappa shape index (κ1) is 17.2. The lowest BCUT2D eigenvalue weighted by atomic mass is 9.91. The molecule has 3 N–H and O–H groups in total. The van der Waals surface area contributed by atoms with Crippen LogP contribution in [0.1, 0.15) is 37.9 Å². The molecule has 0 fully saturated rings. The maximum absolute atomic E-state index is 13.9. The summed E-state index contributed by atoms with van der Waals surface area (Å²) in [6.45, 7) is 3.38. The minimum Gasteiger partial charge on any atom is -0.384 e. The molecule has 0 aliphatic rings. The van der Waals surface area contributed by atoms with Gasteiger partial charge < -0.3 is 10.8 Å². The molecule has 18 heavy (non-hydrogen) atoms. The van der Waals surface area contributed by atoms with Gasteiger partial charge in [-0.1, -0.05) is 12.1 Å². The van der Waals surface area contributed by atoms with Gasteiger partial charge in [0.2, 0.25) is 0 Å². The highest BCUT2D eigenvalue weighted by molar-refractivity contribution is 5.85. The van der Waals surface area contributed by atoms with E-state index in [2.05, 4.69) is 0 Å². The minimum absolute atomic E-state index is 0. The van der Waals surface area contributed by atoms with Gasteiger partial charge in [-0.3, -0.25) is 0 Å². The van der Waals surface area contributed by atoms with E-state index >= 15 is 0 Å². The molecule has 0 bridgehead atoms. The quantitative estimate of drug-likeness (QED) is 0.895. The molecule has 1 aromatic rings. The lowest BCUT2D eigenvalue weighted by Gasteiger charge is -2.30. The van der Waals surface area contributed by atoms with E-state index < -0.39 is 28.9 Å². The highest BCUT2D eigenvalue weighted by Gasteiger charge is 2.49. The van der Waals surface area contributed by atoms with Crippen molar-refractivity contribution in [3.8, 4) is 0 Å². The monoisotopic (exact) mass is 283 g/mol. The second kappa shape index (κ2) is 5.47. The van der Waals surface area contributed by atoms with E-state index in [1.165, 1.54) is 19.1 Å². The summed E-state index contributed by atoms with van der Waals surface area (Å²) in [5, 5.41) is 9.40. The first-order valence-corrected chi connectivity index (χ1v) is 5.23. The van der Waals surface area contributed by atoms with Crippen LogP contribution >= 0.6 is 12.4 Å². The van der Waals surface area contributed by atoms with Crippen molar-refractivity contribution >= 4 is 12.4 Å². The summed E-state index contributed by atoms with van der Waals surface area (Å²) in [7, 11) is 0. The van der Waals surface area contributed by atoms with Crippen molar-refractivity contribution in [3.05, 3.63) is 35.1 Å².